The third-order valence-corrected chi connectivity index (χ3v) is 20.0. The Bertz CT molecular complexity index is 5500. The summed E-state index contributed by atoms with van der Waals surface area (Å²) in [6, 6.07) is 0. The molecule has 0 bridgehead atoms. The third-order valence-electron chi connectivity index (χ3n) is 20.0. The standard InChI is InChI=1S/C71H41B33/c1-17-23-26-27-28-29-30-32-36-51-55-44(14)47(21-5)49(33-20-4)50(35-25-19-3)61(55)52(37(7)34-31-24-18-2)48(22-6)60(51)56-42(12)38(8)40(10)53-46(16)59-54(45(15)58(53)56)41(11)39(9)43(13)57(59)63-66(90-73)65(72)62-64(67(63)94(77)91-74)68(95(78)99(79)80)70(96(92-75)100(81)82)71(97(101(83)84)102(85)86)69(62)98(103(87)88)104(89)93-76/h1,3,5,22H,6-7H2,2,4,8-16H3. The number of fused-ring (bicyclic) bond motifs is 4. The van der Waals surface area contributed by atoms with Crippen molar-refractivity contribution in [1.82, 2.24) is 0 Å². The quantitative estimate of drug-likeness (QED) is 0.0442. The van der Waals surface area contributed by atoms with E-state index in [1.807, 2.05) is 20.8 Å². The molecule has 0 atom stereocenters. The monoisotopic (exact) mass is 1260 g/mol. The maximum Gasteiger partial charge on any atom is 0.113 e. The van der Waals surface area contributed by atoms with Gasteiger partial charge in [-0.15, -0.1) is 36.1 Å². The van der Waals surface area contributed by atoms with Crippen LogP contribution in [0.3, 0.4) is 0 Å². The Morgan fingerprint density at radius 2 is 0.942 bits per heavy atom. The topological polar surface area (TPSA) is 0 Å². The third kappa shape index (κ3) is 15.0. The van der Waals surface area contributed by atoms with Gasteiger partial charge in [-0.2, -0.15) is 0 Å². The summed E-state index contributed by atoms with van der Waals surface area (Å²) in [5.74, 6) is 55.0. The van der Waals surface area contributed by atoms with E-state index in [4.69, 9.17) is 159 Å². The van der Waals surface area contributed by atoms with E-state index >= 15 is 0 Å². The summed E-state index contributed by atoms with van der Waals surface area (Å²) >= 11 is 0. The van der Waals surface area contributed by atoms with Crippen LogP contribution < -0.4 is 38.2 Å². The molecule has 0 heterocycles. The van der Waals surface area contributed by atoms with Crippen molar-refractivity contribution in [2.24, 2.45) is 0 Å². The molecule has 0 aliphatic heterocycles. The molecule has 7 aromatic rings. The highest BCUT2D eigenvalue weighted by Gasteiger charge is 2.43. The van der Waals surface area contributed by atoms with Crippen LogP contribution in [0.5, 0.6) is 0 Å². The lowest BCUT2D eigenvalue weighted by Gasteiger charge is -2.42. The van der Waals surface area contributed by atoms with Crippen LogP contribution in [0.2, 0.25) is 0 Å². The second kappa shape index (κ2) is 35.6. The first kappa shape index (κ1) is 83.6. The maximum atomic E-state index is 7.95. The summed E-state index contributed by atoms with van der Waals surface area (Å²) in [6.45, 7) is 25.0. The summed E-state index contributed by atoms with van der Waals surface area (Å²) in [4.78, 5) is 0. The van der Waals surface area contributed by atoms with Crippen molar-refractivity contribution in [2.75, 3.05) is 0 Å². The predicted molar refractivity (Wildman–Crippen MR) is 493 cm³/mol. The molecule has 0 aliphatic carbocycles. The lowest BCUT2D eigenvalue weighted by Crippen LogP contribution is -2.80. The minimum atomic E-state index is -1.36. The molecule has 0 saturated carbocycles. The first-order valence-corrected chi connectivity index (χ1v) is 33.1. The van der Waals surface area contributed by atoms with Gasteiger partial charge in [0.25, 0.3) is 0 Å². The maximum absolute atomic E-state index is 7.95. The lowest BCUT2D eigenvalue weighted by atomic mass is 8.66. The largest absolute Gasteiger partial charge is 0.115 e. The summed E-state index contributed by atoms with van der Waals surface area (Å²) in [6.07, 6.45) is 11.9. The normalized spacial score (nSPS) is 9.81. The van der Waals surface area contributed by atoms with Gasteiger partial charge in [0.1, 0.15) is 7.85 Å². The molecule has 0 amide bonds. The van der Waals surface area contributed by atoms with Gasteiger partial charge in [0.2, 0.25) is 0 Å². The van der Waals surface area contributed by atoms with E-state index < -0.39 is 70.8 Å². The van der Waals surface area contributed by atoms with Gasteiger partial charge in [-0.3, -0.25) is 0 Å². The number of aryl methyl sites for hydroxylation is 5. The number of hydrogen-bond donors (Lipinski definition) is 0. The second-order valence-electron chi connectivity index (χ2n) is 25.5. The first-order valence-electron chi connectivity index (χ1n) is 33.1. The van der Waals surface area contributed by atoms with E-state index in [1.165, 1.54) is 28.4 Å². The van der Waals surface area contributed by atoms with Gasteiger partial charge in [-0.1, -0.05) is 82.1 Å². The Morgan fingerprint density at radius 1 is 0.413 bits per heavy atom. The van der Waals surface area contributed by atoms with Crippen molar-refractivity contribution in [3.63, 3.8) is 0 Å². The van der Waals surface area contributed by atoms with E-state index in [9.17, 15) is 0 Å². The minimum Gasteiger partial charge on any atom is -0.115 e. The molecule has 0 nitrogen and oxygen atoms in total. The molecule has 7 rings (SSSR count). The number of benzene rings is 7. The second-order valence-corrected chi connectivity index (χ2v) is 25.5. The molecule has 0 fully saturated rings. The van der Waals surface area contributed by atoms with Crippen molar-refractivity contribution < 1.29 is 0 Å². The van der Waals surface area contributed by atoms with Crippen molar-refractivity contribution >= 4 is 331 Å². The lowest BCUT2D eigenvalue weighted by molar-refractivity contribution is 1.27. The van der Waals surface area contributed by atoms with E-state index in [0.717, 1.165) is 71.6 Å². The highest BCUT2D eigenvalue weighted by atomic mass is 14.3. The van der Waals surface area contributed by atoms with Crippen LogP contribution in [0.4, 0.5) is 0 Å². The van der Waals surface area contributed by atoms with Crippen LogP contribution in [0.15, 0.2) is 13.2 Å². The zero-order chi connectivity index (χ0) is 77.5. The van der Waals surface area contributed by atoms with Gasteiger partial charge in [0, 0.05) is 230 Å². The number of hydrogen-bond acceptors (Lipinski definition) is 0. The first-order chi connectivity index (χ1) is 49.3. The van der Waals surface area contributed by atoms with Crippen molar-refractivity contribution in [1.29, 1.82) is 0 Å². The minimum absolute atomic E-state index is 0.0407. The molecule has 33 heteroatoms. The fraction of sp³-hybridized carbons (Fsp3) is 0.155. The predicted octanol–water partition coefficient (Wildman–Crippen LogP) is -3.92. The fourth-order valence-corrected chi connectivity index (χ4v) is 15.1. The summed E-state index contributed by atoms with van der Waals surface area (Å²) in [5, 5.41) is 4.97. The molecule has 0 aliphatic rings. The Morgan fingerprint density at radius 3 is 1.39 bits per heavy atom. The Labute approximate surface area is 653 Å². The van der Waals surface area contributed by atoms with E-state index in [-0.39, 0.29) is 43.5 Å². The molecular formula is C71H41B33. The Balaban J connectivity index is 2.01. The summed E-state index contributed by atoms with van der Waals surface area (Å²) in [5.41, 5.74) is 15.0. The molecule has 104 heavy (non-hydrogen) atoms. The van der Waals surface area contributed by atoms with Crippen LogP contribution in [0.25, 0.3) is 77.0 Å². The molecule has 40 radical (unpaired) electrons. The molecule has 7 aromatic carbocycles. The van der Waals surface area contributed by atoms with E-state index in [0.29, 0.717) is 77.4 Å². The SMILES string of the molecule is [B][B]B([B])B(B([B])[B])c1c(B(B([B])[B])B([B])[B])c(B([B][B])B([B])[B])c(B([B])B([B])[B])c2c(B([B])[B][B])c(-c3c(C)c(C)c(C)c4c(C)c5c(-c6c(C=C)c(C(=C)C#CC#CC)c7c(C#CC#C)c(C#CC)c(C#C)c(C)c7c6C#CC#CC#CC#CC#C)c(C)c(C)c(C)c5c(C)c34)c([B][B])c([B])c12. The van der Waals surface area contributed by atoms with E-state index in [2.05, 4.69) is 167 Å². The van der Waals surface area contributed by atoms with Crippen LogP contribution >= 0.6 is 0 Å². The van der Waals surface area contributed by atoms with Gasteiger partial charge >= 0.3 is 0 Å². The van der Waals surface area contributed by atoms with Crippen LogP contribution in [0, 0.1) is 194 Å². The van der Waals surface area contributed by atoms with Gasteiger partial charge in [-0.25, -0.2) is 0 Å². The van der Waals surface area contributed by atoms with Crippen molar-refractivity contribution in [3.05, 3.63) is 96.6 Å². The van der Waals surface area contributed by atoms with Crippen LogP contribution in [-0.4, -0.2) is 239 Å². The smallest absolute Gasteiger partial charge is 0.113 e. The zero-order valence-electron chi connectivity index (χ0n) is 60.8. The van der Waals surface area contributed by atoms with E-state index in [1.54, 1.807) is 19.9 Å². The highest BCUT2D eigenvalue weighted by Crippen LogP contribution is 2.52. The number of allylic oxidation sites excluding steroid dienone is 1. The molecule has 0 N–H and O–H groups in total. The average Bonchev–Trinajstić information content (AvgIpc) is 0.691. The van der Waals surface area contributed by atoms with Crippen molar-refractivity contribution in [3.8, 4) is 154 Å². The van der Waals surface area contributed by atoms with Gasteiger partial charge < -0.3 is 0 Å². The van der Waals surface area contributed by atoms with Gasteiger partial charge in [-0.05, 0) is 252 Å². The molecule has 0 spiro atoms. The van der Waals surface area contributed by atoms with Gasteiger partial charge in [0.05, 0.1) is 50.8 Å². The highest BCUT2D eigenvalue weighted by molar-refractivity contribution is 7.89. The molecule has 0 aromatic heterocycles. The van der Waals surface area contributed by atoms with Crippen molar-refractivity contribution in [2.45, 2.75) is 76.2 Å². The number of terminal acetylenes is 3. The molecule has 0 saturated heterocycles. The van der Waals surface area contributed by atoms with Crippen LogP contribution in [-0.2, 0) is 0 Å². The Kier molecular flexibility index (Phi) is 28.7. The summed E-state index contributed by atoms with van der Waals surface area (Å²) < 4.78 is 0. The van der Waals surface area contributed by atoms with Crippen LogP contribution in [0.1, 0.15) is 97.3 Å². The molecule has 0 unspecified atom stereocenters. The molecular weight excluding hydrogens is 1210 g/mol. The number of rotatable bonds is 19. The van der Waals surface area contributed by atoms with Gasteiger partial charge in [0.15, 0.2) is 0 Å². The Hall–Kier alpha value is -7.64. The zero-order valence-corrected chi connectivity index (χ0v) is 60.8. The summed E-state index contributed by atoms with van der Waals surface area (Å²) in [7, 11) is 131. The average molecular weight is 1250 g/mol. The fourth-order valence-electron chi connectivity index (χ4n) is 15.1. The molecule has 424 valence electrons.